The number of carbonyl (C=O) groups is 1. The van der Waals surface area contributed by atoms with E-state index < -0.39 is 6.03 Å². The minimum atomic E-state index is -0.531. The molecule has 0 aliphatic heterocycles. The molecule has 1 heterocycles. The van der Waals surface area contributed by atoms with Crippen molar-refractivity contribution in [2.75, 3.05) is 5.32 Å². The Bertz CT molecular complexity index is 1290. The fraction of sp³-hybridized carbons (Fsp3) is 0.0870. The van der Waals surface area contributed by atoms with Gasteiger partial charge < -0.3 is 5.32 Å². The number of benzene rings is 3. The third-order valence-corrected chi connectivity index (χ3v) is 4.82. The number of rotatable bonds is 3. The number of fused-ring (bicyclic) bond motifs is 1. The summed E-state index contributed by atoms with van der Waals surface area (Å²) in [6.07, 6.45) is 1.31. The summed E-state index contributed by atoms with van der Waals surface area (Å²) >= 11 is 0. The van der Waals surface area contributed by atoms with Crippen molar-refractivity contribution < 1.29 is 4.79 Å². The summed E-state index contributed by atoms with van der Waals surface area (Å²) < 4.78 is 1.48. The average molecular weight is 384 g/mol. The highest BCUT2D eigenvalue weighted by atomic mass is 16.2. The van der Waals surface area contributed by atoms with Crippen LogP contribution in [-0.2, 0) is 0 Å². The zero-order valence-electron chi connectivity index (χ0n) is 16.1. The van der Waals surface area contributed by atoms with Crippen LogP contribution in [-0.4, -0.2) is 22.0 Å². The molecular formula is C23H20N4O2. The van der Waals surface area contributed by atoms with Gasteiger partial charge in [-0.25, -0.2) is 14.5 Å². The Morgan fingerprint density at radius 3 is 2.55 bits per heavy atom. The number of aliphatic imine (C=N–C) groups is 1. The van der Waals surface area contributed by atoms with Crippen LogP contribution >= 0.6 is 0 Å². The highest BCUT2D eigenvalue weighted by Crippen LogP contribution is 2.21. The molecule has 6 heteroatoms. The number of amides is 2. The predicted molar refractivity (Wildman–Crippen MR) is 116 cm³/mol. The number of hydrogen-bond acceptors (Lipinski definition) is 2. The Morgan fingerprint density at radius 2 is 1.72 bits per heavy atom. The van der Waals surface area contributed by atoms with Gasteiger partial charge in [-0.05, 0) is 36.9 Å². The number of urea groups is 1. The first-order valence-electron chi connectivity index (χ1n) is 9.25. The maximum atomic E-state index is 13.0. The monoisotopic (exact) mass is 384 g/mol. The predicted octanol–water partition coefficient (Wildman–Crippen LogP) is 4.59. The molecule has 0 spiro atoms. The van der Waals surface area contributed by atoms with Gasteiger partial charge in [0.05, 0.1) is 11.3 Å². The summed E-state index contributed by atoms with van der Waals surface area (Å²) in [6, 6.07) is 20.6. The molecule has 0 radical (unpaired) electrons. The molecule has 3 aromatic carbocycles. The van der Waals surface area contributed by atoms with Gasteiger partial charge in [0.1, 0.15) is 0 Å². The van der Waals surface area contributed by atoms with Crippen LogP contribution in [0.25, 0.3) is 16.5 Å². The van der Waals surface area contributed by atoms with E-state index in [2.05, 4.69) is 15.4 Å². The highest BCUT2D eigenvalue weighted by Gasteiger charge is 2.13. The van der Waals surface area contributed by atoms with Crippen molar-refractivity contribution in [3.63, 3.8) is 0 Å². The molecule has 0 saturated carbocycles. The summed E-state index contributed by atoms with van der Waals surface area (Å²) in [6.45, 7) is 3.68. The molecule has 2 amide bonds. The molecule has 0 atom stereocenters. The standard InChI is InChI=1S/C23H20N4O2/c1-15-8-3-6-12-20(15)25-23(29)24-14-19-16(2)26-27(22(19)28)21-13-7-10-17-9-4-5-11-18(17)21/h3-14,26H,1-2H3,(H,25,29). The maximum Gasteiger partial charge on any atom is 0.345 e. The zero-order chi connectivity index (χ0) is 20.4. The van der Waals surface area contributed by atoms with Gasteiger partial charge in [-0.1, -0.05) is 54.6 Å². The van der Waals surface area contributed by atoms with Gasteiger partial charge in [-0.2, -0.15) is 0 Å². The topological polar surface area (TPSA) is 79.2 Å². The minimum Gasteiger partial charge on any atom is -0.306 e. The van der Waals surface area contributed by atoms with Crippen molar-refractivity contribution in [2.24, 2.45) is 4.99 Å². The number of hydrogen-bond donors (Lipinski definition) is 2. The van der Waals surface area contributed by atoms with Crippen LogP contribution in [0.5, 0.6) is 0 Å². The molecule has 29 heavy (non-hydrogen) atoms. The summed E-state index contributed by atoms with van der Waals surface area (Å²) in [4.78, 5) is 29.1. The van der Waals surface area contributed by atoms with E-state index in [-0.39, 0.29) is 5.56 Å². The van der Waals surface area contributed by atoms with Crippen LogP contribution in [0, 0.1) is 13.8 Å². The molecule has 0 unspecified atom stereocenters. The second-order valence-corrected chi connectivity index (χ2v) is 6.79. The molecular weight excluding hydrogens is 364 g/mol. The lowest BCUT2D eigenvalue weighted by Gasteiger charge is -2.06. The third-order valence-electron chi connectivity index (χ3n) is 4.82. The first-order chi connectivity index (χ1) is 14.0. The minimum absolute atomic E-state index is 0.258. The van der Waals surface area contributed by atoms with Gasteiger partial charge in [0.2, 0.25) is 0 Å². The Morgan fingerprint density at radius 1 is 1.00 bits per heavy atom. The lowest BCUT2D eigenvalue weighted by molar-refractivity contribution is 0.259. The second-order valence-electron chi connectivity index (χ2n) is 6.79. The van der Waals surface area contributed by atoms with E-state index in [0.717, 1.165) is 22.0 Å². The summed E-state index contributed by atoms with van der Waals surface area (Å²) in [7, 11) is 0. The van der Waals surface area contributed by atoms with E-state index in [4.69, 9.17) is 0 Å². The summed E-state index contributed by atoms with van der Waals surface area (Å²) in [5.74, 6) is 0. The summed E-state index contributed by atoms with van der Waals surface area (Å²) in [5.41, 5.74) is 3.10. The molecule has 4 aromatic rings. The van der Waals surface area contributed by atoms with E-state index in [9.17, 15) is 9.59 Å². The van der Waals surface area contributed by atoms with E-state index in [1.54, 1.807) is 13.0 Å². The molecule has 0 aliphatic carbocycles. The molecule has 6 nitrogen and oxygen atoms in total. The number of aryl methyl sites for hydroxylation is 2. The molecule has 1 aromatic heterocycles. The fourth-order valence-electron chi connectivity index (χ4n) is 3.27. The summed E-state index contributed by atoms with van der Waals surface area (Å²) in [5, 5.41) is 7.81. The van der Waals surface area contributed by atoms with Crippen molar-refractivity contribution in [1.82, 2.24) is 9.78 Å². The van der Waals surface area contributed by atoms with Gasteiger partial charge in [0, 0.05) is 23.0 Å². The number of para-hydroxylation sites is 1. The van der Waals surface area contributed by atoms with Gasteiger partial charge in [-0.15, -0.1) is 0 Å². The van der Waals surface area contributed by atoms with Gasteiger partial charge in [0.15, 0.2) is 0 Å². The largest absolute Gasteiger partial charge is 0.345 e. The lowest BCUT2D eigenvalue weighted by atomic mass is 10.1. The Balaban J connectivity index is 1.66. The van der Waals surface area contributed by atoms with Crippen molar-refractivity contribution in [3.05, 3.63) is 93.9 Å². The number of aromatic amines is 1. The van der Waals surface area contributed by atoms with E-state index in [0.29, 0.717) is 16.9 Å². The quantitative estimate of drug-likeness (QED) is 0.507. The SMILES string of the molecule is Cc1ccccc1NC(=O)N=Cc1c(C)[nH]n(-c2cccc3ccccc23)c1=O. The number of nitrogens with one attached hydrogen (secondary N) is 2. The average Bonchev–Trinajstić information content (AvgIpc) is 3.01. The molecule has 0 bridgehead atoms. The molecule has 0 saturated heterocycles. The number of anilines is 1. The van der Waals surface area contributed by atoms with Crippen LogP contribution in [0.1, 0.15) is 16.8 Å². The Hall–Kier alpha value is -3.93. The van der Waals surface area contributed by atoms with E-state index in [1.165, 1.54) is 10.9 Å². The fourth-order valence-corrected chi connectivity index (χ4v) is 3.27. The van der Waals surface area contributed by atoms with Crippen molar-refractivity contribution in [1.29, 1.82) is 0 Å². The van der Waals surface area contributed by atoms with Gasteiger partial charge >= 0.3 is 6.03 Å². The van der Waals surface area contributed by atoms with Crippen LogP contribution in [0.3, 0.4) is 0 Å². The van der Waals surface area contributed by atoms with Crippen LogP contribution in [0.2, 0.25) is 0 Å². The van der Waals surface area contributed by atoms with Crippen molar-refractivity contribution in [2.45, 2.75) is 13.8 Å². The maximum absolute atomic E-state index is 13.0. The Kier molecular flexibility index (Phi) is 4.83. The number of nitrogens with zero attached hydrogens (tertiary/aromatic N) is 2. The zero-order valence-corrected chi connectivity index (χ0v) is 16.1. The van der Waals surface area contributed by atoms with Crippen molar-refractivity contribution >= 4 is 28.7 Å². The van der Waals surface area contributed by atoms with Crippen LogP contribution < -0.4 is 10.9 Å². The van der Waals surface area contributed by atoms with Gasteiger partial charge in [0.25, 0.3) is 5.56 Å². The number of H-pyrrole nitrogens is 1. The lowest BCUT2D eigenvalue weighted by Crippen LogP contribution is -2.18. The van der Waals surface area contributed by atoms with Crippen LogP contribution in [0.4, 0.5) is 10.5 Å². The number of carbonyl (C=O) groups excluding carboxylic acids is 1. The Labute approximate surface area is 167 Å². The molecule has 4 rings (SSSR count). The van der Waals surface area contributed by atoms with E-state index in [1.807, 2.05) is 67.6 Å². The first-order valence-corrected chi connectivity index (χ1v) is 9.25. The third kappa shape index (κ3) is 3.60. The molecule has 0 aliphatic rings. The highest BCUT2D eigenvalue weighted by molar-refractivity contribution is 5.98. The number of aromatic nitrogens is 2. The van der Waals surface area contributed by atoms with E-state index >= 15 is 0 Å². The normalized spacial score (nSPS) is 11.2. The van der Waals surface area contributed by atoms with Crippen molar-refractivity contribution in [3.8, 4) is 5.69 Å². The smallest absolute Gasteiger partial charge is 0.306 e. The first kappa shape index (κ1) is 18.4. The molecule has 2 N–H and O–H groups in total. The molecule has 144 valence electrons. The second kappa shape index (κ2) is 7.59. The van der Waals surface area contributed by atoms with Gasteiger partial charge in [-0.3, -0.25) is 9.89 Å². The van der Waals surface area contributed by atoms with Crippen LogP contribution in [0.15, 0.2) is 76.5 Å². The molecule has 0 fully saturated rings.